The maximum absolute atomic E-state index is 12.3. The van der Waals surface area contributed by atoms with E-state index < -0.39 is 10.0 Å². The van der Waals surface area contributed by atoms with Gasteiger partial charge in [-0.3, -0.25) is 14.1 Å². The summed E-state index contributed by atoms with van der Waals surface area (Å²) in [6.45, 7) is 2.42. The van der Waals surface area contributed by atoms with E-state index >= 15 is 0 Å². The van der Waals surface area contributed by atoms with Crippen molar-refractivity contribution in [2.45, 2.75) is 31.2 Å². The lowest BCUT2D eigenvalue weighted by Crippen LogP contribution is -2.13. The fourth-order valence-electron chi connectivity index (χ4n) is 1.92. The van der Waals surface area contributed by atoms with E-state index in [1.165, 1.54) is 17.1 Å². The molecule has 0 aliphatic rings. The van der Waals surface area contributed by atoms with Crippen molar-refractivity contribution in [3.05, 3.63) is 24.3 Å². The van der Waals surface area contributed by atoms with Gasteiger partial charge in [0.1, 0.15) is 4.90 Å². The second-order valence-corrected chi connectivity index (χ2v) is 6.32. The molecule has 0 unspecified atom stereocenters. The van der Waals surface area contributed by atoms with Crippen LogP contribution in [-0.4, -0.2) is 39.7 Å². The van der Waals surface area contributed by atoms with Gasteiger partial charge in [0.2, 0.25) is 0 Å². The van der Waals surface area contributed by atoms with Gasteiger partial charge in [0.15, 0.2) is 0 Å². The number of aromatic nitrogens is 4. The first-order valence-corrected chi connectivity index (χ1v) is 8.13. The monoisotopic (exact) mass is 313 g/mol. The Labute approximate surface area is 123 Å². The highest BCUT2D eigenvalue weighted by Gasteiger charge is 2.19. The molecule has 9 heteroatoms. The van der Waals surface area contributed by atoms with Crippen molar-refractivity contribution in [3.63, 3.8) is 0 Å². The first-order valence-electron chi connectivity index (χ1n) is 6.65. The van der Waals surface area contributed by atoms with Crippen LogP contribution in [-0.2, 0) is 30.0 Å². The fraction of sp³-hybridized carbons (Fsp3) is 0.500. The minimum Gasteiger partial charge on any atom is -0.396 e. The van der Waals surface area contributed by atoms with Crippen molar-refractivity contribution in [1.82, 2.24) is 19.6 Å². The second kappa shape index (κ2) is 6.27. The van der Waals surface area contributed by atoms with E-state index in [0.29, 0.717) is 30.8 Å². The summed E-state index contributed by atoms with van der Waals surface area (Å²) in [5.41, 5.74) is 1.16. The summed E-state index contributed by atoms with van der Waals surface area (Å²) < 4.78 is 30.2. The number of anilines is 1. The van der Waals surface area contributed by atoms with Crippen LogP contribution >= 0.6 is 0 Å². The van der Waals surface area contributed by atoms with Crippen molar-refractivity contribution in [3.8, 4) is 0 Å². The number of sulfonamides is 1. The van der Waals surface area contributed by atoms with Crippen molar-refractivity contribution >= 4 is 15.7 Å². The fourth-order valence-corrected chi connectivity index (χ4v) is 2.95. The molecule has 0 spiro atoms. The third-order valence-electron chi connectivity index (χ3n) is 2.95. The molecule has 21 heavy (non-hydrogen) atoms. The van der Waals surface area contributed by atoms with Crippen molar-refractivity contribution < 1.29 is 13.5 Å². The molecular formula is C12H19N5O3S. The second-order valence-electron chi connectivity index (χ2n) is 4.64. The molecule has 8 nitrogen and oxygen atoms in total. The number of hydrogen-bond acceptors (Lipinski definition) is 5. The zero-order valence-corrected chi connectivity index (χ0v) is 12.8. The molecule has 0 bridgehead atoms. The Kier molecular flexibility index (Phi) is 4.63. The zero-order chi connectivity index (χ0) is 15.5. The molecule has 0 amide bonds. The van der Waals surface area contributed by atoms with E-state index in [0.717, 1.165) is 0 Å². The van der Waals surface area contributed by atoms with Crippen molar-refractivity contribution in [2.75, 3.05) is 11.3 Å². The molecule has 0 fully saturated rings. The van der Waals surface area contributed by atoms with Gasteiger partial charge in [-0.05, 0) is 12.8 Å². The third-order valence-corrected chi connectivity index (χ3v) is 4.27. The average Bonchev–Trinajstić information content (AvgIpc) is 3.03. The van der Waals surface area contributed by atoms with Crippen LogP contribution in [0.25, 0.3) is 0 Å². The van der Waals surface area contributed by atoms with Gasteiger partial charge >= 0.3 is 0 Å². The largest absolute Gasteiger partial charge is 0.396 e. The van der Waals surface area contributed by atoms with Gasteiger partial charge in [-0.25, -0.2) is 8.42 Å². The molecule has 2 rings (SSSR count). The SMILES string of the molecule is CCc1nn(C)cc1NS(=O)(=O)c1cnn(CCCO)c1. The summed E-state index contributed by atoms with van der Waals surface area (Å²) in [5, 5.41) is 16.9. The molecule has 2 N–H and O–H groups in total. The van der Waals surface area contributed by atoms with Crippen LogP contribution in [0.5, 0.6) is 0 Å². The van der Waals surface area contributed by atoms with Crippen LogP contribution in [0, 0.1) is 0 Å². The molecule has 0 saturated heterocycles. The number of hydrogen-bond donors (Lipinski definition) is 2. The highest BCUT2D eigenvalue weighted by atomic mass is 32.2. The first kappa shape index (κ1) is 15.5. The molecule has 0 atom stereocenters. The van der Waals surface area contributed by atoms with Gasteiger partial charge in [0.05, 0.1) is 17.6 Å². The van der Waals surface area contributed by atoms with E-state index in [1.807, 2.05) is 6.92 Å². The van der Waals surface area contributed by atoms with Crippen molar-refractivity contribution in [2.24, 2.45) is 7.05 Å². The maximum Gasteiger partial charge on any atom is 0.265 e. The van der Waals surface area contributed by atoms with Crippen LogP contribution in [0.3, 0.4) is 0 Å². The molecule has 2 aromatic rings. The van der Waals surface area contributed by atoms with E-state index in [-0.39, 0.29) is 11.5 Å². The standard InChI is InChI=1S/C12H19N5O3S/c1-3-11-12(9-16(2)14-11)15-21(19,20)10-7-13-17(8-10)5-4-6-18/h7-9,15,18H,3-6H2,1-2H3. The zero-order valence-electron chi connectivity index (χ0n) is 12.0. The molecule has 0 aliphatic carbocycles. The Morgan fingerprint density at radius 1 is 1.38 bits per heavy atom. The van der Waals surface area contributed by atoms with Crippen LogP contribution in [0.4, 0.5) is 5.69 Å². The summed E-state index contributed by atoms with van der Waals surface area (Å²) in [4.78, 5) is 0.0892. The van der Waals surface area contributed by atoms with E-state index in [9.17, 15) is 8.42 Å². The summed E-state index contributed by atoms with van der Waals surface area (Å²) in [6, 6.07) is 0. The molecular weight excluding hydrogens is 294 g/mol. The number of aryl methyl sites for hydroxylation is 3. The van der Waals surface area contributed by atoms with E-state index in [1.54, 1.807) is 17.9 Å². The Morgan fingerprint density at radius 2 is 2.14 bits per heavy atom. The predicted molar refractivity (Wildman–Crippen MR) is 77.3 cm³/mol. The third kappa shape index (κ3) is 3.61. The molecule has 0 aromatic carbocycles. The quantitative estimate of drug-likeness (QED) is 0.768. The average molecular weight is 313 g/mol. The molecule has 116 valence electrons. The normalized spacial score (nSPS) is 11.8. The lowest BCUT2D eigenvalue weighted by molar-refractivity contribution is 0.277. The van der Waals surface area contributed by atoms with Crippen LogP contribution in [0.15, 0.2) is 23.5 Å². The van der Waals surface area contributed by atoms with Crippen LogP contribution in [0.2, 0.25) is 0 Å². The van der Waals surface area contributed by atoms with Crippen LogP contribution < -0.4 is 4.72 Å². The number of aliphatic hydroxyl groups is 1. The Hall–Kier alpha value is -1.87. The number of nitrogens with one attached hydrogen (secondary N) is 1. The van der Waals surface area contributed by atoms with Gasteiger partial charge in [-0.2, -0.15) is 10.2 Å². The number of nitrogens with zero attached hydrogens (tertiary/aromatic N) is 4. The van der Waals surface area contributed by atoms with E-state index in [2.05, 4.69) is 14.9 Å². The minimum absolute atomic E-state index is 0.0374. The smallest absolute Gasteiger partial charge is 0.265 e. The number of rotatable bonds is 7. The van der Waals surface area contributed by atoms with Gasteiger partial charge in [0.25, 0.3) is 10.0 Å². The molecule has 2 aromatic heterocycles. The van der Waals surface area contributed by atoms with Gasteiger partial charge < -0.3 is 5.11 Å². The molecule has 0 saturated carbocycles. The predicted octanol–water partition coefficient (Wildman–Crippen LogP) is 0.362. The summed E-state index contributed by atoms with van der Waals surface area (Å²) in [7, 11) is -1.95. The van der Waals surface area contributed by atoms with E-state index in [4.69, 9.17) is 5.11 Å². The molecule has 2 heterocycles. The summed E-state index contributed by atoms with van der Waals surface area (Å²) >= 11 is 0. The molecule has 0 aliphatic heterocycles. The Morgan fingerprint density at radius 3 is 2.81 bits per heavy atom. The lowest BCUT2D eigenvalue weighted by Gasteiger charge is -2.05. The van der Waals surface area contributed by atoms with Gasteiger partial charge in [-0.15, -0.1) is 0 Å². The van der Waals surface area contributed by atoms with Crippen LogP contribution in [0.1, 0.15) is 19.0 Å². The van der Waals surface area contributed by atoms with Crippen molar-refractivity contribution in [1.29, 1.82) is 0 Å². The van der Waals surface area contributed by atoms with Gasteiger partial charge in [-0.1, -0.05) is 6.92 Å². The Balaban J connectivity index is 2.19. The lowest BCUT2D eigenvalue weighted by atomic mass is 10.3. The minimum atomic E-state index is -3.69. The first-order chi connectivity index (χ1) is 9.96. The summed E-state index contributed by atoms with van der Waals surface area (Å²) in [5.74, 6) is 0. The van der Waals surface area contributed by atoms with Gasteiger partial charge in [0, 0.05) is 32.6 Å². The topological polar surface area (TPSA) is 102 Å². The molecule has 0 radical (unpaired) electrons. The maximum atomic E-state index is 12.3. The summed E-state index contributed by atoms with van der Waals surface area (Å²) in [6.07, 6.45) is 5.53. The Bertz CT molecular complexity index is 704. The highest BCUT2D eigenvalue weighted by Crippen LogP contribution is 2.19. The number of aliphatic hydroxyl groups excluding tert-OH is 1. The highest BCUT2D eigenvalue weighted by molar-refractivity contribution is 7.92.